The molecule has 0 aliphatic carbocycles. The van der Waals surface area contributed by atoms with E-state index in [1.165, 1.54) is 0 Å². The molecule has 0 saturated carbocycles. The first-order valence-electron chi connectivity index (χ1n) is 8.34. The van der Waals surface area contributed by atoms with Crippen LogP contribution in [-0.2, 0) is 14.2 Å². The van der Waals surface area contributed by atoms with Gasteiger partial charge in [0.15, 0.2) is 5.79 Å². The first-order valence-corrected chi connectivity index (χ1v) is 8.34. The van der Waals surface area contributed by atoms with Gasteiger partial charge in [0.1, 0.15) is 11.4 Å². The molecule has 1 amide bonds. The lowest BCUT2D eigenvalue weighted by molar-refractivity contribution is -0.169. The van der Waals surface area contributed by atoms with E-state index >= 15 is 0 Å². The maximum Gasteiger partial charge on any atom is 0.413 e. The van der Waals surface area contributed by atoms with Crippen LogP contribution in [-0.4, -0.2) is 48.8 Å². The van der Waals surface area contributed by atoms with Gasteiger partial charge >= 0.3 is 6.09 Å². The van der Waals surface area contributed by atoms with E-state index in [4.69, 9.17) is 14.2 Å². The third kappa shape index (κ3) is 4.15. The standard InChI is InChI=1S/C17H25N3O4/c1-16(2,3)24-15(21)19-14-5-4-13(12-18-14)20-8-6-17(7-9-20)22-10-11-23-17/h4-5,12H,6-11H2,1-3H3,(H,18,19,21). The Hall–Kier alpha value is -1.86. The highest BCUT2D eigenvalue weighted by Gasteiger charge is 2.39. The summed E-state index contributed by atoms with van der Waals surface area (Å²) in [6.07, 6.45) is 2.97. The zero-order valence-corrected chi connectivity index (χ0v) is 14.5. The summed E-state index contributed by atoms with van der Waals surface area (Å²) in [7, 11) is 0. The number of piperidine rings is 1. The van der Waals surface area contributed by atoms with Crippen molar-refractivity contribution in [2.24, 2.45) is 0 Å². The van der Waals surface area contributed by atoms with Crippen molar-refractivity contribution in [1.82, 2.24) is 4.98 Å². The summed E-state index contributed by atoms with van der Waals surface area (Å²) >= 11 is 0. The van der Waals surface area contributed by atoms with E-state index in [1.807, 2.05) is 26.8 Å². The average Bonchev–Trinajstić information content (AvgIpc) is 2.95. The van der Waals surface area contributed by atoms with E-state index < -0.39 is 11.7 Å². The second-order valence-electron chi connectivity index (χ2n) is 7.12. The molecule has 2 aliphatic heterocycles. The third-order valence-electron chi connectivity index (χ3n) is 4.08. The van der Waals surface area contributed by atoms with Crippen LogP contribution in [0, 0.1) is 0 Å². The molecule has 1 N–H and O–H groups in total. The fourth-order valence-electron chi connectivity index (χ4n) is 2.95. The minimum absolute atomic E-state index is 0.373. The van der Waals surface area contributed by atoms with Crippen LogP contribution in [0.4, 0.5) is 16.3 Å². The summed E-state index contributed by atoms with van der Waals surface area (Å²) in [5, 5.41) is 2.64. The van der Waals surface area contributed by atoms with Crippen LogP contribution in [0.2, 0.25) is 0 Å². The van der Waals surface area contributed by atoms with Crippen molar-refractivity contribution >= 4 is 17.6 Å². The van der Waals surface area contributed by atoms with E-state index in [-0.39, 0.29) is 5.79 Å². The van der Waals surface area contributed by atoms with Gasteiger partial charge in [-0.1, -0.05) is 0 Å². The molecule has 24 heavy (non-hydrogen) atoms. The quantitative estimate of drug-likeness (QED) is 0.896. The molecule has 1 aromatic heterocycles. The minimum Gasteiger partial charge on any atom is -0.444 e. The van der Waals surface area contributed by atoms with Crippen molar-refractivity contribution < 1.29 is 19.0 Å². The third-order valence-corrected chi connectivity index (χ3v) is 4.08. The Morgan fingerprint density at radius 3 is 2.46 bits per heavy atom. The van der Waals surface area contributed by atoms with E-state index in [0.717, 1.165) is 31.6 Å². The van der Waals surface area contributed by atoms with Gasteiger partial charge < -0.3 is 19.1 Å². The molecule has 3 heterocycles. The number of hydrogen-bond acceptors (Lipinski definition) is 6. The number of aromatic nitrogens is 1. The molecular formula is C17H25N3O4. The summed E-state index contributed by atoms with van der Waals surface area (Å²) < 4.78 is 16.7. The molecule has 0 radical (unpaired) electrons. The minimum atomic E-state index is -0.530. The number of hydrogen-bond donors (Lipinski definition) is 1. The molecule has 2 fully saturated rings. The molecule has 0 aromatic carbocycles. The second-order valence-corrected chi connectivity index (χ2v) is 7.12. The normalized spacial score (nSPS) is 20.2. The fourth-order valence-corrected chi connectivity index (χ4v) is 2.95. The van der Waals surface area contributed by atoms with E-state index in [0.29, 0.717) is 19.0 Å². The molecule has 0 unspecified atom stereocenters. The van der Waals surface area contributed by atoms with Gasteiger partial charge in [0.05, 0.1) is 25.1 Å². The summed E-state index contributed by atoms with van der Waals surface area (Å²) in [6, 6.07) is 3.74. The van der Waals surface area contributed by atoms with Crippen molar-refractivity contribution in [1.29, 1.82) is 0 Å². The Morgan fingerprint density at radius 2 is 1.92 bits per heavy atom. The topological polar surface area (TPSA) is 72.9 Å². The van der Waals surface area contributed by atoms with E-state index in [9.17, 15) is 4.79 Å². The Bertz CT molecular complexity index is 566. The van der Waals surface area contributed by atoms with Crippen molar-refractivity contribution in [3.05, 3.63) is 18.3 Å². The molecule has 7 nitrogen and oxygen atoms in total. The maximum absolute atomic E-state index is 11.7. The molecule has 2 aliphatic rings. The van der Waals surface area contributed by atoms with Gasteiger partial charge in [-0.25, -0.2) is 9.78 Å². The first-order chi connectivity index (χ1) is 11.4. The van der Waals surface area contributed by atoms with Gasteiger partial charge in [0.2, 0.25) is 0 Å². The van der Waals surface area contributed by atoms with Crippen LogP contribution >= 0.6 is 0 Å². The van der Waals surface area contributed by atoms with Gasteiger partial charge in [0, 0.05) is 25.9 Å². The van der Waals surface area contributed by atoms with Crippen LogP contribution in [0.15, 0.2) is 18.3 Å². The number of amides is 1. The summed E-state index contributed by atoms with van der Waals surface area (Å²) in [4.78, 5) is 18.3. The molecular weight excluding hydrogens is 310 g/mol. The first kappa shape index (κ1) is 17.0. The van der Waals surface area contributed by atoms with Crippen LogP contribution in [0.3, 0.4) is 0 Å². The van der Waals surface area contributed by atoms with Crippen molar-refractivity contribution in [2.75, 3.05) is 36.5 Å². The van der Waals surface area contributed by atoms with E-state index in [1.54, 1.807) is 12.3 Å². The Morgan fingerprint density at radius 1 is 1.25 bits per heavy atom. The highest BCUT2D eigenvalue weighted by atomic mass is 16.7. The van der Waals surface area contributed by atoms with Crippen LogP contribution in [0.25, 0.3) is 0 Å². The second kappa shape index (κ2) is 6.57. The summed E-state index contributed by atoms with van der Waals surface area (Å²) in [5.74, 6) is 0.103. The highest BCUT2D eigenvalue weighted by molar-refractivity contribution is 5.83. The Kier molecular flexibility index (Phi) is 4.64. The lowest BCUT2D eigenvalue weighted by Gasteiger charge is -2.38. The molecule has 0 atom stereocenters. The highest BCUT2D eigenvalue weighted by Crippen LogP contribution is 2.33. The number of carbonyl (C=O) groups is 1. The number of ether oxygens (including phenoxy) is 3. The van der Waals surface area contributed by atoms with Crippen molar-refractivity contribution in [3.63, 3.8) is 0 Å². The Balaban J connectivity index is 1.54. The van der Waals surface area contributed by atoms with Gasteiger partial charge in [-0.3, -0.25) is 5.32 Å². The number of nitrogens with one attached hydrogen (secondary N) is 1. The molecule has 2 saturated heterocycles. The molecule has 7 heteroatoms. The summed E-state index contributed by atoms with van der Waals surface area (Å²) in [6.45, 7) is 8.57. The number of rotatable bonds is 2. The van der Waals surface area contributed by atoms with Gasteiger partial charge in [-0.15, -0.1) is 0 Å². The largest absolute Gasteiger partial charge is 0.444 e. The van der Waals surface area contributed by atoms with E-state index in [2.05, 4.69) is 15.2 Å². The molecule has 132 valence electrons. The monoisotopic (exact) mass is 335 g/mol. The zero-order valence-electron chi connectivity index (χ0n) is 14.5. The van der Waals surface area contributed by atoms with Crippen LogP contribution in [0.5, 0.6) is 0 Å². The molecule has 0 bridgehead atoms. The number of anilines is 2. The van der Waals surface area contributed by atoms with Crippen LogP contribution in [0.1, 0.15) is 33.6 Å². The lowest BCUT2D eigenvalue weighted by atomic mass is 10.0. The lowest BCUT2D eigenvalue weighted by Crippen LogP contribution is -2.45. The van der Waals surface area contributed by atoms with Crippen LogP contribution < -0.4 is 10.2 Å². The molecule has 3 rings (SSSR count). The predicted molar refractivity (Wildman–Crippen MR) is 90.2 cm³/mol. The van der Waals surface area contributed by atoms with Gasteiger partial charge in [0.25, 0.3) is 0 Å². The number of pyridine rings is 1. The van der Waals surface area contributed by atoms with Crippen molar-refractivity contribution in [3.8, 4) is 0 Å². The number of carbonyl (C=O) groups excluding carboxylic acids is 1. The molecule has 1 aromatic rings. The average molecular weight is 335 g/mol. The maximum atomic E-state index is 11.7. The fraction of sp³-hybridized carbons (Fsp3) is 0.647. The Labute approximate surface area is 142 Å². The smallest absolute Gasteiger partial charge is 0.413 e. The van der Waals surface area contributed by atoms with Crippen molar-refractivity contribution in [2.45, 2.75) is 45.0 Å². The zero-order chi connectivity index (χ0) is 17.2. The molecule has 1 spiro atoms. The van der Waals surface area contributed by atoms with Gasteiger partial charge in [-0.2, -0.15) is 0 Å². The SMILES string of the molecule is CC(C)(C)OC(=O)Nc1ccc(N2CCC3(CC2)OCCO3)cn1. The number of nitrogens with zero attached hydrogens (tertiary/aromatic N) is 2. The summed E-state index contributed by atoms with van der Waals surface area (Å²) in [5.41, 5.74) is 0.496. The predicted octanol–water partition coefficient (Wildman–Crippen LogP) is 2.77. The van der Waals surface area contributed by atoms with Gasteiger partial charge in [-0.05, 0) is 32.9 Å².